The Balaban J connectivity index is 1.86. The van der Waals surface area contributed by atoms with E-state index in [1.54, 1.807) is 17.4 Å². The van der Waals surface area contributed by atoms with Crippen LogP contribution in [0.5, 0.6) is 0 Å². The lowest BCUT2D eigenvalue weighted by atomic mass is 10.0. The minimum atomic E-state index is -0.283. The van der Waals surface area contributed by atoms with E-state index in [0.717, 1.165) is 20.7 Å². The van der Waals surface area contributed by atoms with Crippen molar-refractivity contribution < 1.29 is 4.39 Å². The molecule has 0 fully saturated rings. The molecule has 19 heavy (non-hydrogen) atoms. The van der Waals surface area contributed by atoms with Gasteiger partial charge in [-0.2, -0.15) is 0 Å². The monoisotopic (exact) mass is 339 g/mol. The fourth-order valence-electron chi connectivity index (χ4n) is 2.01. The Morgan fingerprint density at radius 3 is 3.11 bits per heavy atom. The molecule has 2 heterocycles. The summed E-state index contributed by atoms with van der Waals surface area (Å²) in [6.07, 6.45) is 4.50. The van der Waals surface area contributed by atoms with E-state index in [0.29, 0.717) is 6.42 Å². The molecule has 0 saturated carbocycles. The number of imidazole rings is 1. The van der Waals surface area contributed by atoms with Crippen LogP contribution in [0.1, 0.15) is 17.3 Å². The first-order valence-corrected chi connectivity index (χ1v) is 7.42. The molecule has 2 aromatic heterocycles. The molecule has 3 nitrogen and oxygen atoms in total. The fraction of sp³-hybridized carbons (Fsp3) is 0.154. The third kappa shape index (κ3) is 2.56. The molecule has 0 radical (unpaired) electrons. The van der Waals surface area contributed by atoms with Crippen molar-refractivity contribution >= 4 is 32.2 Å². The van der Waals surface area contributed by atoms with Gasteiger partial charge in [0.25, 0.3) is 0 Å². The van der Waals surface area contributed by atoms with Crippen LogP contribution in [-0.2, 0) is 6.42 Å². The molecular weight excluding hydrogens is 329 g/mol. The maximum atomic E-state index is 13.3. The van der Waals surface area contributed by atoms with Crippen LogP contribution in [-0.4, -0.2) is 9.38 Å². The fourth-order valence-corrected chi connectivity index (χ4v) is 3.27. The standard InChI is InChI=1S/C13H11BrFN3S/c14-11-2-1-8(15)5-10(11)12(16)6-9-7-18-3-4-19-13(18)17-9/h1-5,7,12H,6,16H2. The third-order valence-electron chi connectivity index (χ3n) is 2.93. The average Bonchev–Trinajstić information content (AvgIpc) is 2.92. The zero-order valence-corrected chi connectivity index (χ0v) is 12.3. The van der Waals surface area contributed by atoms with Crippen molar-refractivity contribution in [2.45, 2.75) is 12.5 Å². The summed E-state index contributed by atoms with van der Waals surface area (Å²) in [6.45, 7) is 0. The van der Waals surface area contributed by atoms with Gasteiger partial charge in [-0.05, 0) is 23.8 Å². The molecule has 1 atom stereocenters. The Kier molecular flexibility index (Phi) is 3.38. The Morgan fingerprint density at radius 1 is 1.47 bits per heavy atom. The highest BCUT2D eigenvalue weighted by molar-refractivity contribution is 9.10. The molecule has 3 aromatic rings. The predicted molar refractivity (Wildman–Crippen MR) is 77.8 cm³/mol. The molecule has 0 aliphatic heterocycles. The van der Waals surface area contributed by atoms with Crippen LogP contribution in [0.15, 0.2) is 40.4 Å². The summed E-state index contributed by atoms with van der Waals surface area (Å²) in [5, 5.41) is 1.98. The highest BCUT2D eigenvalue weighted by Gasteiger charge is 2.14. The zero-order valence-electron chi connectivity index (χ0n) is 9.88. The maximum Gasteiger partial charge on any atom is 0.193 e. The van der Waals surface area contributed by atoms with E-state index in [1.165, 1.54) is 12.1 Å². The molecule has 0 spiro atoms. The van der Waals surface area contributed by atoms with Crippen molar-refractivity contribution in [3.8, 4) is 0 Å². The number of benzene rings is 1. The first-order valence-electron chi connectivity index (χ1n) is 5.75. The van der Waals surface area contributed by atoms with Crippen LogP contribution >= 0.6 is 27.3 Å². The molecule has 2 N–H and O–H groups in total. The number of hydrogen-bond acceptors (Lipinski definition) is 3. The molecular formula is C13H11BrFN3S. The summed E-state index contributed by atoms with van der Waals surface area (Å²) in [7, 11) is 0. The summed E-state index contributed by atoms with van der Waals surface area (Å²) in [6, 6.07) is 4.27. The molecule has 6 heteroatoms. The van der Waals surface area contributed by atoms with Gasteiger partial charge in [0, 0.05) is 34.7 Å². The molecule has 0 saturated heterocycles. The third-order valence-corrected chi connectivity index (χ3v) is 4.42. The van der Waals surface area contributed by atoms with Gasteiger partial charge in [0.15, 0.2) is 4.96 Å². The van der Waals surface area contributed by atoms with E-state index in [2.05, 4.69) is 20.9 Å². The smallest absolute Gasteiger partial charge is 0.193 e. The van der Waals surface area contributed by atoms with Gasteiger partial charge < -0.3 is 5.73 Å². The minimum absolute atomic E-state index is 0.278. The Labute approximate surface area is 122 Å². The molecule has 3 rings (SSSR count). The van der Waals surface area contributed by atoms with Gasteiger partial charge in [0.1, 0.15) is 5.82 Å². The van der Waals surface area contributed by atoms with Gasteiger partial charge >= 0.3 is 0 Å². The highest BCUT2D eigenvalue weighted by Crippen LogP contribution is 2.25. The van der Waals surface area contributed by atoms with E-state index in [1.807, 2.05) is 22.2 Å². The van der Waals surface area contributed by atoms with Gasteiger partial charge in [0.2, 0.25) is 0 Å². The van der Waals surface area contributed by atoms with Crippen molar-refractivity contribution in [3.05, 3.63) is 57.5 Å². The van der Waals surface area contributed by atoms with E-state index in [-0.39, 0.29) is 11.9 Å². The van der Waals surface area contributed by atoms with Gasteiger partial charge in [-0.1, -0.05) is 15.9 Å². The quantitative estimate of drug-likeness (QED) is 0.793. The van der Waals surface area contributed by atoms with Crippen molar-refractivity contribution in [1.29, 1.82) is 0 Å². The molecule has 0 aliphatic carbocycles. The van der Waals surface area contributed by atoms with Crippen molar-refractivity contribution in [2.75, 3.05) is 0 Å². The van der Waals surface area contributed by atoms with Crippen molar-refractivity contribution in [3.63, 3.8) is 0 Å². The highest BCUT2D eigenvalue weighted by atomic mass is 79.9. The van der Waals surface area contributed by atoms with Crippen LogP contribution in [0.25, 0.3) is 4.96 Å². The van der Waals surface area contributed by atoms with Crippen molar-refractivity contribution in [2.24, 2.45) is 5.73 Å². The van der Waals surface area contributed by atoms with Crippen LogP contribution in [0.3, 0.4) is 0 Å². The topological polar surface area (TPSA) is 43.3 Å². The zero-order chi connectivity index (χ0) is 13.4. The van der Waals surface area contributed by atoms with Gasteiger partial charge in [-0.3, -0.25) is 4.40 Å². The second-order valence-electron chi connectivity index (χ2n) is 4.30. The normalized spacial score (nSPS) is 13.0. The Hall–Kier alpha value is -1.24. The number of fused-ring (bicyclic) bond motifs is 1. The largest absolute Gasteiger partial charge is 0.324 e. The Morgan fingerprint density at radius 2 is 2.32 bits per heavy atom. The minimum Gasteiger partial charge on any atom is -0.324 e. The van der Waals surface area contributed by atoms with Crippen LogP contribution in [0.4, 0.5) is 4.39 Å². The summed E-state index contributed by atoms with van der Waals surface area (Å²) in [4.78, 5) is 5.43. The van der Waals surface area contributed by atoms with E-state index < -0.39 is 0 Å². The number of hydrogen-bond donors (Lipinski definition) is 1. The van der Waals surface area contributed by atoms with Crippen LogP contribution in [0, 0.1) is 5.82 Å². The SMILES string of the molecule is NC(Cc1cn2ccsc2n1)c1cc(F)ccc1Br. The molecule has 0 amide bonds. The van der Waals surface area contributed by atoms with E-state index >= 15 is 0 Å². The second-order valence-corrected chi connectivity index (χ2v) is 6.03. The number of thiazole rings is 1. The summed E-state index contributed by atoms with van der Waals surface area (Å²) < 4.78 is 16.1. The number of nitrogens with zero attached hydrogens (tertiary/aromatic N) is 2. The Bertz CT molecular complexity index is 693. The number of rotatable bonds is 3. The first-order chi connectivity index (χ1) is 9.13. The second kappa shape index (κ2) is 5.03. The number of halogens is 2. The van der Waals surface area contributed by atoms with Crippen LogP contribution in [0.2, 0.25) is 0 Å². The number of nitrogens with two attached hydrogens (primary N) is 1. The van der Waals surface area contributed by atoms with E-state index in [9.17, 15) is 4.39 Å². The van der Waals surface area contributed by atoms with Crippen LogP contribution < -0.4 is 5.73 Å². The van der Waals surface area contributed by atoms with Gasteiger partial charge in [-0.25, -0.2) is 9.37 Å². The molecule has 1 unspecified atom stereocenters. The summed E-state index contributed by atoms with van der Waals surface area (Å²) >= 11 is 4.98. The number of aromatic nitrogens is 2. The van der Waals surface area contributed by atoms with E-state index in [4.69, 9.17) is 5.73 Å². The molecule has 0 aliphatic rings. The predicted octanol–water partition coefficient (Wildman–Crippen LogP) is 3.54. The summed E-state index contributed by atoms with van der Waals surface area (Å²) in [5.74, 6) is -0.278. The lowest BCUT2D eigenvalue weighted by Crippen LogP contribution is -2.14. The first kappa shape index (κ1) is 12.8. The van der Waals surface area contributed by atoms with Gasteiger partial charge in [0.05, 0.1) is 5.69 Å². The molecule has 1 aromatic carbocycles. The average molecular weight is 340 g/mol. The summed E-state index contributed by atoms with van der Waals surface area (Å²) in [5.41, 5.74) is 7.82. The van der Waals surface area contributed by atoms with Gasteiger partial charge in [-0.15, -0.1) is 11.3 Å². The molecule has 98 valence electrons. The maximum absolute atomic E-state index is 13.3. The lowest BCUT2D eigenvalue weighted by molar-refractivity contribution is 0.617. The lowest BCUT2D eigenvalue weighted by Gasteiger charge is -2.12. The molecule has 0 bridgehead atoms. The van der Waals surface area contributed by atoms with Crippen molar-refractivity contribution in [1.82, 2.24) is 9.38 Å².